The molecule has 2 aromatic rings. The van der Waals surface area contributed by atoms with E-state index in [1.807, 2.05) is 45.0 Å². The van der Waals surface area contributed by atoms with E-state index >= 15 is 0 Å². The Morgan fingerprint density at radius 2 is 1.97 bits per heavy atom. The van der Waals surface area contributed by atoms with Gasteiger partial charge in [0.25, 0.3) is 11.6 Å². The van der Waals surface area contributed by atoms with Crippen LogP contribution in [-0.2, 0) is 4.79 Å². The van der Waals surface area contributed by atoms with E-state index in [0.29, 0.717) is 20.1 Å². The fourth-order valence-electron chi connectivity index (χ4n) is 2.78. The lowest BCUT2D eigenvalue weighted by atomic mass is 10.1. The average Bonchev–Trinajstić information content (AvgIpc) is 2.99. The van der Waals surface area contributed by atoms with Gasteiger partial charge in [-0.15, -0.1) is 0 Å². The fraction of sp³-hybridized carbons (Fsp3) is 0.238. The average molecular weight is 474 g/mol. The minimum atomic E-state index is -0.453. The Hall–Kier alpha value is -2.45. The molecule has 1 saturated heterocycles. The number of amides is 1. The highest BCUT2D eigenvalue weighted by atomic mass is 79.9. The van der Waals surface area contributed by atoms with Gasteiger partial charge in [-0.05, 0) is 77.8 Å². The molecule has 8 heteroatoms. The Morgan fingerprint density at radius 3 is 2.59 bits per heavy atom. The number of rotatable bonds is 5. The highest BCUT2D eigenvalue weighted by Gasteiger charge is 2.36. The first-order valence-corrected chi connectivity index (χ1v) is 10.7. The van der Waals surface area contributed by atoms with Crippen LogP contribution in [0.15, 0.2) is 56.8 Å². The van der Waals surface area contributed by atoms with E-state index in [1.165, 1.54) is 17.8 Å². The van der Waals surface area contributed by atoms with Crippen molar-refractivity contribution in [3.05, 3.63) is 73.1 Å². The number of halogens is 1. The van der Waals surface area contributed by atoms with Gasteiger partial charge in [-0.1, -0.05) is 30.7 Å². The lowest BCUT2D eigenvalue weighted by Gasteiger charge is -2.22. The van der Waals surface area contributed by atoms with Crippen LogP contribution in [0.1, 0.15) is 31.4 Å². The maximum absolute atomic E-state index is 13.1. The predicted octanol–water partition coefficient (Wildman–Crippen LogP) is 6.07. The zero-order chi connectivity index (χ0) is 21.1. The summed E-state index contributed by atoms with van der Waals surface area (Å²) in [5, 5.41) is 11.8. The van der Waals surface area contributed by atoms with Crippen LogP contribution in [-0.4, -0.2) is 26.9 Å². The Labute approximate surface area is 182 Å². The Kier molecular flexibility index (Phi) is 6.54. The third-order valence-electron chi connectivity index (χ3n) is 4.59. The minimum absolute atomic E-state index is 0.00986. The van der Waals surface area contributed by atoms with E-state index in [2.05, 4.69) is 20.9 Å². The first-order valence-electron chi connectivity index (χ1n) is 9.12. The molecule has 1 amide bonds. The monoisotopic (exact) mass is 473 g/mol. The summed E-state index contributed by atoms with van der Waals surface area (Å²) in [6.45, 7) is 6.01. The number of benzene rings is 2. The van der Waals surface area contributed by atoms with Crippen LogP contribution in [0.3, 0.4) is 0 Å². The molecule has 29 heavy (non-hydrogen) atoms. The van der Waals surface area contributed by atoms with E-state index in [-0.39, 0.29) is 17.6 Å². The molecular formula is C21H20BrN3O3S. The highest BCUT2D eigenvalue weighted by Crippen LogP contribution is 2.37. The summed E-state index contributed by atoms with van der Waals surface area (Å²) in [4.78, 5) is 30.7. The van der Waals surface area contributed by atoms with Crippen LogP contribution in [0.4, 0.5) is 11.4 Å². The van der Waals surface area contributed by atoms with E-state index in [4.69, 9.17) is 0 Å². The summed E-state index contributed by atoms with van der Waals surface area (Å²) < 4.78 is 0.401. The fourth-order valence-corrected chi connectivity index (χ4v) is 4.26. The standard InChI is InChI=1S/C21H20BrN3O3S/c1-4-14(3)24-20(26)19(12-15-7-10-17(22)18(11-15)25(27)28)29-21(24)23-16-8-5-13(2)6-9-16/h5-12,14H,4H2,1-3H3/b19-12+,23-21?/t14-/m0/s1. The maximum atomic E-state index is 13.1. The molecule has 0 N–H and O–H groups in total. The number of carbonyl (C=O) groups is 1. The summed E-state index contributed by atoms with van der Waals surface area (Å²) in [6.07, 6.45) is 2.47. The second-order valence-corrected chi connectivity index (χ2v) is 8.60. The minimum Gasteiger partial charge on any atom is -0.284 e. The number of carbonyl (C=O) groups excluding carboxylic acids is 1. The quantitative estimate of drug-likeness (QED) is 0.300. The molecular weight excluding hydrogens is 454 g/mol. The van der Waals surface area contributed by atoms with Crippen LogP contribution < -0.4 is 0 Å². The molecule has 0 bridgehead atoms. The molecule has 6 nitrogen and oxygen atoms in total. The number of aryl methyl sites for hydroxylation is 1. The lowest BCUT2D eigenvalue weighted by Crippen LogP contribution is -2.36. The van der Waals surface area contributed by atoms with Crippen molar-refractivity contribution >= 4 is 56.2 Å². The smallest absolute Gasteiger partial charge is 0.284 e. The van der Waals surface area contributed by atoms with Crippen molar-refractivity contribution in [2.75, 3.05) is 0 Å². The van der Waals surface area contributed by atoms with E-state index in [9.17, 15) is 14.9 Å². The number of hydrogen-bond acceptors (Lipinski definition) is 5. The normalized spacial score (nSPS) is 17.9. The number of nitro benzene ring substituents is 1. The van der Waals surface area contributed by atoms with Gasteiger partial charge in [-0.25, -0.2) is 4.99 Å². The number of nitrogens with zero attached hydrogens (tertiary/aromatic N) is 3. The van der Waals surface area contributed by atoms with Crippen LogP contribution in [0.25, 0.3) is 6.08 Å². The van der Waals surface area contributed by atoms with Crippen LogP contribution in [0, 0.1) is 17.0 Å². The SMILES string of the molecule is CC[C@H](C)N1C(=O)/C(=C\c2ccc(Br)c([N+](=O)[O-])c2)SC1=Nc1ccc(C)cc1. The van der Waals surface area contributed by atoms with Gasteiger partial charge in [0.05, 0.1) is 20.0 Å². The summed E-state index contributed by atoms with van der Waals surface area (Å²) in [7, 11) is 0. The molecule has 1 aliphatic heterocycles. The second-order valence-electron chi connectivity index (χ2n) is 6.74. The molecule has 0 spiro atoms. The zero-order valence-electron chi connectivity index (χ0n) is 16.3. The van der Waals surface area contributed by atoms with Gasteiger partial charge in [-0.3, -0.25) is 19.8 Å². The van der Waals surface area contributed by atoms with Crippen molar-refractivity contribution in [3.63, 3.8) is 0 Å². The number of amidine groups is 1. The number of thioether (sulfide) groups is 1. The molecule has 0 aliphatic carbocycles. The van der Waals surface area contributed by atoms with Gasteiger partial charge in [0.1, 0.15) is 0 Å². The van der Waals surface area contributed by atoms with Crippen LogP contribution in [0.5, 0.6) is 0 Å². The Bertz CT molecular complexity index is 1020. The van der Waals surface area contributed by atoms with Gasteiger partial charge >= 0.3 is 0 Å². The first kappa shape index (κ1) is 21.3. The third kappa shape index (κ3) is 4.76. The van der Waals surface area contributed by atoms with Crippen molar-refractivity contribution in [1.29, 1.82) is 0 Å². The van der Waals surface area contributed by atoms with Crippen molar-refractivity contribution in [1.82, 2.24) is 4.90 Å². The van der Waals surface area contributed by atoms with Gasteiger partial charge < -0.3 is 0 Å². The first-order chi connectivity index (χ1) is 13.8. The highest BCUT2D eigenvalue weighted by molar-refractivity contribution is 9.10. The van der Waals surface area contributed by atoms with Crippen molar-refractivity contribution in [2.45, 2.75) is 33.2 Å². The van der Waals surface area contributed by atoms with E-state index in [0.717, 1.165) is 17.7 Å². The number of nitro groups is 1. The van der Waals surface area contributed by atoms with Crippen molar-refractivity contribution < 1.29 is 9.72 Å². The van der Waals surface area contributed by atoms with Gasteiger partial charge in [0.15, 0.2) is 5.17 Å². The molecule has 0 unspecified atom stereocenters. The Balaban J connectivity index is 2.00. The summed E-state index contributed by atoms with van der Waals surface area (Å²) >= 11 is 4.47. The topological polar surface area (TPSA) is 75.8 Å². The molecule has 0 aromatic heterocycles. The van der Waals surface area contributed by atoms with Crippen molar-refractivity contribution in [3.8, 4) is 0 Å². The van der Waals surface area contributed by atoms with Crippen molar-refractivity contribution in [2.24, 2.45) is 4.99 Å². The molecule has 1 atom stereocenters. The molecule has 1 heterocycles. The van der Waals surface area contributed by atoms with Crippen LogP contribution >= 0.6 is 27.7 Å². The second kappa shape index (κ2) is 8.92. The molecule has 150 valence electrons. The molecule has 2 aromatic carbocycles. The van der Waals surface area contributed by atoms with Crippen LogP contribution in [0.2, 0.25) is 0 Å². The molecule has 0 saturated carbocycles. The van der Waals surface area contributed by atoms with Gasteiger partial charge in [0, 0.05) is 12.1 Å². The molecule has 1 fully saturated rings. The number of hydrogen-bond donors (Lipinski definition) is 0. The van der Waals surface area contributed by atoms with E-state index < -0.39 is 4.92 Å². The molecule has 1 aliphatic rings. The number of aliphatic imine (C=N–C) groups is 1. The van der Waals surface area contributed by atoms with Gasteiger partial charge in [-0.2, -0.15) is 0 Å². The summed E-state index contributed by atoms with van der Waals surface area (Å²) in [5.41, 5.74) is 2.47. The zero-order valence-corrected chi connectivity index (χ0v) is 18.7. The predicted molar refractivity (Wildman–Crippen MR) is 121 cm³/mol. The Morgan fingerprint density at radius 1 is 1.28 bits per heavy atom. The molecule has 3 rings (SSSR count). The lowest BCUT2D eigenvalue weighted by molar-refractivity contribution is -0.385. The summed E-state index contributed by atoms with van der Waals surface area (Å²) in [6, 6.07) is 12.6. The van der Waals surface area contributed by atoms with Gasteiger partial charge in [0.2, 0.25) is 0 Å². The largest absolute Gasteiger partial charge is 0.284 e. The third-order valence-corrected chi connectivity index (χ3v) is 6.25. The summed E-state index contributed by atoms with van der Waals surface area (Å²) in [5.74, 6) is -0.138. The molecule has 0 radical (unpaired) electrons. The maximum Gasteiger partial charge on any atom is 0.284 e. The van der Waals surface area contributed by atoms with E-state index in [1.54, 1.807) is 23.1 Å².